The molecule has 96 valence electrons. The standard InChI is InChI=1S/C13H13BrFNO2/c14-9-2-1-3-10(15)12(9)16-13(17)8-6-7-4-5-11(8)18-7/h1-3,7-8,11H,4-6H2,(H,16,17). The van der Waals surface area contributed by atoms with E-state index in [1.165, 1.54) is 6.07 Å². The lowest BCUT2D eigenvalue weighted by Crippen LogP contribution is -2.30. The summed E-state index contributed by atoms with van der Waals surface area (Å²) < 4.78 is 19.8. The van der Waals surface area contributed by atoms with Gasteiger partial charge in [-0.25, -0.2) is 4.39 Å². The van der Waals surface area contributed by atoms with Crippen molar-refractivity contribution in [2.24, 2.45) is 5.92 Å². The minimum atomic E-state index is -0.429. The molecule has 2 heterocycles. The number of benzene rings is 1. The first kappa shape index (κ1) is 12.1. The summed E-state index contributed by atoms with van der Waals surface area (Å²) in [5, 5.41) is 2.66. The number of hydrogen-bond donors (Lipinski definition) is 1. The first-order valence-corrected chi connectivity index (χ1v) is 6.85. The molecule has 0 aliphatic carbocycles. The van der Waals surface area contributed by atoms with E-state index in [0.29, 0.717) is 4.47 Å². The molecule has 3 atom stereocenters. The summed E-state index contributed by atoms with van der Waals surface area (Å²) in [5.41, 5.74) is 0.213. The molecular formula is C13H13BrFNO2. The van der Waals surface area contributed by atoms with Crippen LogP contribution >= 0.6 is 15.9 Å². The number of ether oxygens (including phenoxy) is 1. The average Bonchev–Trinajstić information content (AvgIpc) is 2.96. The van der Waals surface area contributed by atoms with E-state index in [9.17, 15) is 9.18 Å². The van der Waals surface area contributed by atoms with Gasteiger partial charge in [-0.3, -0.25) is 4.79 Å². The van der Waals surface area contributed by atoms with E-state index in [1.54, 1.807) is 12.1 Å². The van der Waals surface area contributed by atoms with E-state index in [2.05, 4.69) is 21.2 Å². The van der Waals surface area contributed by atoms with Crippen LogP contribution in [0, 0.1) is 11.7 Å². The summed E-state index contributed by atoms with van der Waals surface area (Å²) in [6, 6.07) is 4.63. The number of fused-ring (bicyclic) bond motifs is 2. The van der Waals surface area contributed by atoms with E-state index in [4.69, 9.17) is 4.74 Å². The van der Waals surface area contributed by atoms with Crippen LogP contribution in [0.2, 0.25) is 0 Å². The van der Waals surface area contributed by atoms with Crippen LogP contribution in [0.5, 0.6) is 0 Å². The third-order valence-electron chi connectivity index (χ3n) is 3.65. The van der Waals surface area contributed by atoms with Crippen molar-refractivity contribution < 1.29 is 13.9 Å². The molecule has 2 aliphatic heterocycles. The maximum atomic E-state index is 13.6. The number of amides is 1. The number of anilines is 1. The molecular weight excluding hydrogens is 301 g/mol. The smallest absolute Gasteiger partial charge is 0.230 e. The van der Waals surface area contributed by atoms with Crippen LogP contribution in [0.3, 0.4) is 0 Å². The molecule has 1 amide bonds. The van der Waals surface area contributed by atoms with Gasteiger partial charge >= 0.3 is 0 Å². The normalized spacial score (nSPS) is 29.6. The van der Waals surface area contributed by atoms with Gasteiger partial charge in [0.1, 0.15) is 5.82 Å². The molecule has 18 heavy (non-hydrogen) atoms. The minimum Gasteiger partial charge on any atom is -0.374 e. The van der Waals surface area contributed by atoms with Crippen LogP contribution in [0.25, 0.3) is 0 Å². The van der Waals surface area contributed by atoms with Crippen LogP contribution in [0.15, 0.2) is 22.7 Å². The Morgan fingerprint density at radius 2 is 2.28 bits per heavy atom. The Hall–Kier alpha value is -0.940. The number of carbonyl (C=O) groups excluding carboxylic acids is 1. The maximum Gasteiger partial charge on any atom is 0.230 e. The van der Waals surface area contributed by atoms with E-state index >= 15 is 0 Å². The molecule has 2 bridgehead atoms. The van der Waals surface area contributed by atoms with Crippen molar-refractivity contribution in [3.8, 4) is 0 Å². The second kappa shape index (κ2) is 4.63. The lowest BCUT2D eigenvalue weighted by atomic mass is 9.88. The molecule has 2 aliphatic rings. The fourth-order valence-corrected chi connectivity index (χ4v) is 3.19. The monoisotopic (exact) mass is 313 g/mol. The van der Waals surface area contributed by atoms with Crippen LogP contribution < -0.4 is 5.32 Å². The van der Waals surface area contributed by atoms with Gasteiger partial charge in [-0.05, 0) is 47.3 Å². The summed E-state index contributed by atoms with van der Waals surface area (Å²) in [5.74, 6) is -0.718. The lowest BCUT2D eigenvalue weighted by molar-refractivity contribution is -0.121. The third kappa shape index (κ3) is 2.06. The second-order valence-electron chi connectivity index (χ2n) is 4.80. The molecule has 2 saturated heterocycles. The van der Waals surface area contributed by atoms with Crippen molar-refractivity contribution >= 4 is 27.5 Å². The topological polar surface area (TPSA) is 38.3 Å². The van der Waals surface area contributed by atoms with Gasteiger partial charge in [-0.1, -0.05) is 6.07 Å². The van der Waals surface area contributed by atoms with Crippen molar-refractivity contribution in [1.29, 1.82) is 0 Å². The number of hydrogen-bond acceptors (Lipinski definition) is 2. The van der Waals surface area contributed by atoms with Crippen LogP contribution in [0.4, 0.5) is 10.1 Å². The van der Waals surface area contributed by atoms with Crippen LogP contribution in [-0.2, 0) is 9.53 Å². The molecule has 1 N–H and O–H groups in total. The summed E-state index contributed by atoms with van der Waals surface area (Å²) in [4.78, 5) is 12.1. The largest absolute Gasteiger partial charge is 0.374 e. The van der Waals surface area contributed by atoms with Gasteiger partial charge in [0.2, 0.25) is 5.91 Å². The van der Waals surface area contributed by atoms with E-state index < -0.39 is 5.82 Å². The summed E-state index contributed by atoms with van der Waals surface area (Å²) in [7, 11) is 0. The predicted molar refractivity (Wildman–Crippen MR) is 68.7 cm³/mol. The van der Waals surface area contributed by atoms with E-state index in [1.807, 2.05) is 0 Å². The summed E-state index contributed by atoms with van der Waals surface area (Å²) in [6.07, 6.45) is 2.96. The van der Waals surface area contributed by atoms with Gasteiger partial charge < -0.3 is 10.1 Å². The van der Waals surface area contributed by atoms with Crippen LogP contribution in [-0.4, -0.2) is 18.1 Å². The number of nitrogens with one attached hydrogen (secondary N) is 1. The molecule has 3 nitrogen and oxygen atoms in total. The highest BCUT2D eigenvalue weighted by Crippen LogP contribution is 2.39. The Labute approximate surface area is 113 Å². The Morgan fingerprint density at radius 3 is 2.89 bits per heavy atom. The molecule has 2 fully saturated rings. The Balaban J connectivity index is 1.75. The Morgan fingerprint density at radius 1 is 1.44 bits per heavy atom. The van der Waals surface area contributed by atoms with Gasteiger partial charge in [0.25, 0.3) is 0 Å². The first-order chi connectivity index (χ1) is 8.65. The number of rotatable bonds is 2. The van der Waals surface area contributed by atoms with Crippen molar-refractivity contribution in [3.63, 3.8) is 0 Å². The highest BCUT2D eigenvalue weighted by atomic mass is 79.9. The van der Waals surface area contributed by atoms with Gasteiger partial charge in [-0.15, -0.1) is 0 Å². The summed E-state index contributed by atoms with van der Waals surface area (Å²) in [6.45, 7) is 0. The Kier molecular flexibility index (Phi) is 3.11. The predicted octanol–water partition coefficient (Wildman–Crippen LogP) is 3.09. The van der Waals surface area contributed by atoms with Crippen LogP contribution in [0.1, 0.15) is 19.3 Å². The molecule has 1 aromatic carbocycles. The van der Waals surface area contributed by atoms with Crippen molar-refractivity contribution in [3.05, 3.63) is 28.5 Å². The number of halogens is 2. The Bertz CT molecular complexity index is 474. The van der Waals surface area contributed by atoms with E-state index in [-0.39, 0.29) is 29.7 Å². The molecule has 0 spiro atoms. The minimum absolute atomic E-state index is 0.0144. The molecule has 0 radical (unpaired) electrons. The molecule has 3 rings (SSSR count). The zero-order valence-electron chi connectivity index (χ0n) is 9.66. The van der Waals surface area contributed by atoms with Crippen molar-refractivity contribution in [1.82, 2.24) is 0 Å². The highest BCUT2D eigenvalue weighted by Gasteiger charge is 2.44. The van der Waals surface area contributed by atoms with E-state index in [0.717, 1.165) is 19.3 Å². The zero-order chi connectivity index (χ0) is 12.7. The average molecular weight is 314 g/mol. The molecule has 0 aromatic heterocycles. The number of para-hydroxylation sites is 1. The first-order valence-electron chi connectivity index (χ1n) is 6.05. The third-order valence-corrected chi connectivity index (χ3v) is 4.31. The van der Waals surface area contributed by atoms with Gasteiger partial charge in [0.05, 0.1) is 23.8 Å². The SMILES string of the molecule is O=C(Nc1c(F)cccc1Br)C1CC2CCC1O2. The van der Waals surface area contributed by atoms with Crippen molar-refractivity contribution in [2.75, 3.05) is 5.32 Å². The fourth-order valence-electron chi connectivity index (χ4n) is 2.75. The second-order valence-corrected chi connectivity index (χ2v) is 5.66. The molecule has 0 saturated carbocycles. The lowest BCUT2D eigenvalue weighted by Gasteiger charge is -2.18. The van der Waals surface area contributed by atoms with Gasteiger partial charge in [0, 0.05) is 4.47 Å². The van der Waals surface area contributed by atoms with Crippen molar-refractivity contribution in [2.45, 2.75) is 31.5 Å². The quantitative estimate of drug-likeness (QED) is 0.911. The van der Waals surface area contributed by atoms with Gasteiger partial charge in [0.15, 0.2) is 0 Å². The van der Waals surface area contributed by atoms with Gasteiger partial charge in [-0.2, -0.15) is 0 Å². The highest BCUT2D eigenvalue weighted by molar-refractivity contribution is 9.10. The fraction of sp³-hybridized carbons (Fsp3) is 0.462. The number of carbonyl (C=O) groups is 1. The molecule has 3 unspecified atom stereocenters. The summed E-state index contributed by atoms with van der Waals surface area (Å²) >= 11 is 3.24. The molecule has 1 aromatic rings. The molecule has 5 heteroatoms. The zero-order valence-corrected chi connectivity index (χ0v) is 11.2. The maximum absolute atomic E-state index is 13.6.